The number of hydrogen-bond donors (Lipinski definition) is 1. The first-order chi connectivity index (χ1) is 8.54. The normalized spacial score (nSPS) is 28.3. The molecule has 0 saturated heterocycles. The smallest absolute Gasteiger partial charge is 0.162 e. The fourth-order valence-corrected chi connectivity index (χ4v) is 2.90. The van der Waals surface area contributed by atoms with E-state index in [0.717, 1.165) is 37.7 Å². The Hall–Kier alpha value is -0.960. The molecule has 1 fully saturated rings. The van der Waals surface area contributed by atoms with Gasteiger partial charge in [-0.1, -0.05) is 25.5 Å². The highest BCUT2D eigenvalue weighted by Crippen LogP contribution is 2.34. The Morgan fingerprint density at radius 1 is 1.28 bits per heavy atom. The van der Waals surface area contributed by atoms with Crippen molar-refractivity contribution in [2.75, 3.05) is 0 Å². The van der Waals surface area contributed by atoms with Crippen molar-refractivity contribution in [1.82, 2.24) is 0 Å². The van der Waals surface area contributed by atoms with Gasteiger partial charge in [-0.3, -0.25) is 0 Å². The maximum atomic E-state index is 13.6. The van der Waals surface area contributed by atoms with Crippen molar-refractivity contribution in [3.8, 4) is 0 Å². The number of benzene rings is 1. The van der Waals surface area contributed by atoms with Crippen LogP contribution in [0.1, 0.15) is 44.6 Å². The third-order valence-electron chi connectivity index (χ3n) is 4.25. The first-order valence-electron chi connectivity index (χ1n) is 6.76. The summed E-state index contributed by atoms with van der Waals surface area (Å²) in [7, 11) is 0. The van der Waals surface area contributed by atoms with Gasteiger partial charge in [0.05, 0.1) is 0 Å². The average Bonchev–Trinajstić information content (AvgIpc) is 2.36. The van der Waals surface area contributed by atoms with Crippen molar-refractivity contribution in [3.63, 3.8) is 0 Å². The van der Waals surface area contributed by atoms with Crippen molar-refractivity contribution >= 4 is 0 Å². The van der Waals surface area contributed by atoms with Gasteiger partial charge in [0.1, 0.15) is 0 Å². The summed E-state index contributed by atoms with van der Waals surface area (Å²) in [6, 6.07) is 4.34. The molecule has 0 spiro atoms. The van der Waals surface area contributed by atoms with E-state index in [4.69, 9.17) is 5.73 Å². The second kappa shape index (κ2) is 5.35. The van der Waals surface area contributed by atoms with Crippen molar-refractivity contribution in [2.45, 2.75) is 51.0 Å². The van der Waals surface area contributed by atoms with Crippen LogP contribution in [0.2, 0.25) is 0 Å². The lowest BCUT2D eigenvalue weighted by molar-refractivity contribution is 0.226. The van der Waals surface area contributed by atoms with Gasteiger partial charge < -0.3 is 5.73 Å². The van der Waals surface area contributed by atoms with E-state index in [1.807, 2.05) is 0 Å². The highest BCUT2D eigenvalue weighted by atomic mass is 19.2. The predicted molar refractivity (Wildman–Crippen MR) is 69.2 cm³/mol. The van der Waals surface area contributed by atoms with Crippen molar-refractivity contribution in [3.05, 3.63) is 35.4 Å². The summed E-state index contributed by atoms with van der Waals surface area (Å²) in [4.78, 5) is 0. The molecule has 0 radical (unpaired) electrons. The van der Waals surface area contributed by atoms with E-state index < -0.39 is 11.6 Å². The molecule has 18 heavy (non-hydrogen) atoms. The van der Waals surface area contributed by atoms with Crippen LogP contribution in [0.15, 0.2) is 18.2 Å². The lowest BCUT2D eigenvalue weighted by Gasteiger charge is -2.37. The molecule has 0 aliphatic heterocycles. The number of rotatable bonds is 3. The highest BCUT2D eigenvalue weighted by molar-refractivity contribution is 5.21. The molecule has 1 aliphatic rings. The Balaban J connectivity index is 2.07. The van der Waals surface area contributed by atoms with Gasteiger partial charge in [0.15, 0.2) is 11.6 Å². The summed E-state index contributed by atoms with van der Waals surface area (Å²) in [5, 5.41) is 0. The quantitative estimate of drug-likeness (QED) is 0.871. The summed E-state index contributed by atoms with van der Waals surface area (Å²) < 4.78 is 26.8. The van der Waals surface area contributed by atoms with Gasteiger partial charge in [-0.25, -0.2) is 8.78 Å². The minimum absolute atomic E-state index is 0.361. The minimum atomic E-state index is -0.779. The Morgan fingerprint density at radius 2 is 1.94 bits per heavy atom. The van der Waals surface area contributed by atoms with Crippen LogP contribution in [0.4, 0.5) is 8.78 Å². The molecule has 100 valence electrons. The van der Waals surface area contributed by atoms with Crippen LogP contribution in [-0.4, -0.2) is 5.54 Å². The molecular formula is C15H21F2N. The molecule has 2 rings (SSSR count). The molecule has 1 nitrogen and oxygen atoms in total. The zero-order valence-corrected chi connectivity index (χ0v) is 10.9. The van der Waals surface area contributed by atoms with Crippen LogP contribution >= 0.6 is 0 Å². The van der Waals surface area contributed by atoms with Crippen molar-refractivity contribution < 1.29 is 8.78 Å². The number of hydrogen-bond acceptors (Lipinski definition) is 1. The Kier molecular flexibility index (Phi) is 4.00. The topological polar surface area (TPSA) is 26.0 Å². The second-order valence-corrected chi connectivity index (χ2v) is 5.60. The van der Waals surface area contributed by atoms with E-state index in [0.29, 0.717) is 12.0 Å². The fourth-order valence-electron chi connectivity index (χ4n) is 2.90. The van der Waals surface area contributed by atoms with Crippen molar-refractivity contribution in [1.29, 1.82) is 0 Å². The van der Waals surface area contributed by atoms with Crippen LogP contribution in [0.5, 0.6) is 0 Å². The van der Waals surface area contributed by atoms with Crippen molar-refractivity contribution in [2.24, 2.45) is 11.7 Å². The van der Waals surface area contributed by atoms with Gasteiger partial charge in [-0.05, 0) is 49.7 Å². The predicted octanol–water partition coefficient (Wildman–Crippen LogP) is 3.81. The molecule has 0 aromatic heterocycles. The molecule has 0 unspecified atom stereocenters. The molecule has 0 atom stereocenters. The molecule has 1 aliphatic carbocycles. The molecular weight excluding hydrogens is 232 g/mol. The van der Waals surface area contributed by atoms with E-state index in [-0.39, 0.29) is 5.54 Å². The third kappa shape index (κ3) is 2.89. The third-order valence-corrected chi connectivity index (χ3v) is 4.25. The summed E-state index contributed by atoms with van der Waals surface area (Å²) in [5.41, 5.74) is 6.39. The van der Waals surface area contributed by atoms with Crippen LogP contribution in [0.25, 0.3) is 0 Å². The van der Waals surface area contributed by atoms with E-state index in [9.17, 15) is 8.78 Å². The zero-order valence-electron chi connectivity index (χ0n) is 10.9. The number of halogens is 2. The van der Waals surface area contributed by atoms with Crippen LogP contribution in [-0.2, 0) is 6.42 Å². The molecule has 1 saturated carbocycles. The van der Waals surface area contributed by atoms with E-state index in [1.165, 1.54) is 6.42 Å². The molecule has 0 amide bonds. The molecule has 1 aromatic rings. The van der Waals surface area contributed by atoms with Crippen LogP contribution < -0.4 is 5.73 Å². The first kappa shape index (κ1) is 13.5. The van der Waals surface area contributed by atoms with Crippen LogP contribution in [0.3, 0.4) is 0 Å². The molecule has 0 heterocycles. The summed E-state index contributed by atoms with van der Waals surface area (Å²) in [6.45, 7) is 2.19. The molecule has 1 aromatic carbocycles. The van der Waals surface area contributed by atoms with Gasteiger partial charge in [-0.15, -0.1) is 0 Å². The largest absolute Gasteiger partial charge is 0.325 e. The van der Waals surface area contributed by atoms with Crippen LogP contribution in [0, 0.1) is 17.6 Å². The van der Waals surface area contributed by atoms with E-state index in [1.54, 1.807) is 12.1 Å². The fraction of sp³-hybridized carbons (Fsp3) is 0.600. The standard InChI is InChI=1S/C15H21F2N/c1-2-11-6-8-15(18,9-7-11)10-12-4-3-5-13(16)14(12)17/h3-5,11H,2,6-10,18H2,1H3. The average molecular weight is 253 g/mol. The molecule has 3 heteroatoms. The Morgan fingerprint density at radius 3 is 2.56 bits per heavy atom. The summed E-state index contributed by atoms with van der Waals surface area (Å²) in [6.07, 6.45) is 5.63. The zero-order chi connectivity index (χ0) is 13.2. The highest BCUT2D eigenvalue weighted by Gasteiger charge is 2.32. The van der Waals surface area contributed by atoms with E-state index >= 15 is 0 Å². The first-order valence-corrected chi connectivity index (χ1v) is 6.76. The van der Waals surface area contributed by atoms with Gasteiger partial charge >= 0.3 is 0 Å². The van der Waals surface area contributed by atoms with Gasteiger partial charge in [0, 0.05) is 5.54 Å². The lowest BCUT2D eigenvalue weighted by Crippen LogP contribution is -2.45. The molecule has 2 N–H and O–H groups in total. The Labute approximate surface area is 107 Å². The van der Waals surface area contributed by atoms with Gasteiger partial charge in [0.25, 0.3) is 0 Å². The second-order valence-electron chi connectivity index (χ2n) is 5.60. The maximum Gasteiger partial charge on any atom is 0.162 e. The monoisotopic (exact) mass is 253 g/mol. The summed E-state index contributed by atoms with van der Waals surface area (Å²) >= 11 is 0. The lowest BCUT2D eigenvalue weighted by atomic mass is 9.73. The van der Waals surface area contributed by atoms with Gasteiger partial charge in [0.2, 0.25) is 0 Å². The minimum Gasteiger partial charge on any atom is -0.325 e. The van der Waals surface area contributed by atoms with Gasteiger partial charge in [-0.2, -0.15) is 0 Å². The van der Waals surface area contributed by atoms with E-state index in [2.05, 4.69) is 6.92 Å². The maximum absolute atomic E-state index is 13.6. The SMILES string of the molecule is CCC1CCC(N)(Cc2cccc(F)c2F)CC1. The Bertz CT molecular complexity index is 409. The molecule has 0 bridgehead atoms. The number of nitrogens with two attached hydrogens (primary N) is 1. The summed E-state index contributed by atoms with van der Waals surface area (Å²) in [5.74, 6) is -0.766.